The van der Waals surface area contributed by atoms with Crippen LogP contribution in [0.4, 0.5) is 0 Å². The van der Waals surface area contributed by atoms with Crippen LogP contribution in [-0.4, -0.2) is 29.8 Å². The number of aromatic nitrogens is 2. The number of hydrogen-bond donors (Lipinski definition) is 1. The van der Waals surface area contributed by atoms with Crippen LogP contribution in [0.3, 0.4) is 0 Å². The molecule has 0 saturated carbocycles. The summed E-state index contributed by atoms with van der Waals surface area (Å²) in [4.78, 5) is 4.70. The third-order valence-electron chi connectivity index (χ3n) is 4.43. The van der Waals surface area contributed by atoms with Gasteiger partial charge in [0.1, 0.15) is 18.2 Å². The molecule has 1 aliphatic heterocycles. The van der Waals surface area contributed by atoms with Crippen LogP contribution >= 0.6 is 0 Å². The second-order valence-electron chi connectivity index (χ2n) is 6.04. The minimum Gasteiger partial charge on any atom is -0.497 e. The first-order valence-corrected chi connectivity index (χ1v) is 8.22. The second-order valence-corrected chi connectivity index (χ2v) is 6.04. The Hall–Kier alpha value is -2.37. The Morgan fingerprint density at radius 2 is 2.12 bits per heavy atom. The van der Waals surface area contributed by atoms with Gasteiger partial charge in [0.2, 0.25) is 0 Å². The number of hydrogen-bond acceptors (Lipinski definition) is 4. The zero-order valence-electron chi connectivity index (χ0n) is 13.7. The molecule has 0 aliphatic carbocycles. The van der Waals surface area contributed by atoms with E-state index in [1.165, 1.54) is 5.56 Å². The van der Waals surface area contributed by atoms with Gasteiger partial charge in [-0.25, -0.2) is 4.98 Å². The Morgan fingerprint density at radius 3 is 2.96 bits per heavy atom. The van der Waals surface area contributed by atoms with Gasteiger partial charge in [0.25, 0.3) is 0 Å². The number of benzene rings is 2. The molecule has 4 rings (SSSR count). The summed E-state index contributed by atoms with van der Waals surface area (Å²) in [5.41, 5.74) is 3.38. The van der Waals surface area contributed by atoms with E-state index in [0.29, 0.717) is 13.2 Å². The molecule has 0 bridgehead atoms. The van der Waals surface area contributed by atoms with Crippen LogP contribution in [0.15, 0.2) is 48.5 Å². The van der Waals surface area contributed by atoms with Gasteiger partial charge >= 0.3 is 0 Å². The Bertz CT molecular complexity index is 829. The van der Waals surface area contributed by atoms with Crippen molar-refractivity contribution in [1.29, 1.82) is 0 Å². The lowest BCUT2D eigenvalue weighted by Crippen LogP contribution is -2.32. The largest absolute Gasteiger partial charge is 0.497 e. The maximum atomic E-state index is 5.74. The van der Waals surface area contributed by atoms with Crippen molar-refractivity contribution in [1.82, 2.24) is 14.9 Å². The smallest absolute Gasteiger partial charge is 0.136 e. The van der Waals surface area contributed by atoms with E-state index in [-0.39, 0.29) is 6.04 Å². The Kier molecular flexibility index (Phi) is 4.19. The van der Waals surface area contributed by atoms with Crippen molar-refractivity contribution in [3.05, 3.63) is 59.9 Å². The van der Waals surface area contributed by atoms with E-state index < -0.39 is 0 Å². The molecule has 2 heterocycles. The topological polar surface area (TPSA) is 48.3 Å². The van der Waals surface area contributed by atoms with Gasteiger partial charge in [0.15, 0.2) is 0 Å². The molecule has 0 unspecified atom stereocenters. The van der Waals surface area contributed by atoms with Crippen LogP contribution < -0.4 is 10.1 Å². The molecule has 0 radical (unpaired) electrons. The number of nitrogens with zero attached hydrogens (tertiary/aromatic N) is 2. The molecule has 0 saturated heterocycles. The van der Waals surface area contributed by atoms with Crippen molar-refractivity contribution in [2.45, 2.75) is 19.2 Å². The molecule has 1 atom stereocenters. The number of imidazole rings is 1. The van der Waals surface area contributed by atoms with Crippen LogP contribution in [0, 0.1) is 0 Å². The van der Waals surface area contributed by atoms with E-state index in [1.54, 1.807) is 7.11 Å². The van der Waals surface area contributed by atoms with Gasteiger partial charge in [-0.2, -0.15) is 0 Å². The molecule has 0 fully saturated rings. The van der Waals surface area contributed by atoms with Crippen LogP contribution in [0.25, 0.3) is 11.0 Å². The van der Waals surface area contributed by atoms with E-state index in [9.17, 15) is 0 Å². The van der Waals surface area contributed by atoms with E-state index >= 15 is 0 Å². The highest BCUT2D eigenvalue weighted by Gasteiger charge is 2.24. The van der Waals surface area contributed by atoms with Gasteiger partial charge in [-0.3, -0.25) is 0 Å². The fourth-order valence-electron chi connectivity index (χ4n) is 3.25. The highest BCUT2D eigenvalue weighted by atomic mass is 16.5. The minimum absolute atomic E-state index is 0.231. The van der Waals surface area contributed by atoms with Crippen LogP contribution in [0.1, 0.15) is 17.4 Å². The minimum atomic E-state index is 0.231. The first kappa shape index (κ1) is 15.2. The molecule has 5 heteroatoms. The molecule has 1 N–H and O–H groups in total. The predicted octanol–water partition coefficient (Wildman–Crippen LogP) is 2.91. The molecule has 0 amide bonds. The SMILES string of the molecule is COc1ccc2nc3n(c2c1)[C@@H](CNCc1ccccc1)COC3. The summed E-state index contributed by atoms with van der Waals surface area (Å²) in [5, 5.41) is 3.54. The van der Waals surface area contributed by atoms with Gasteiger partial charge in [-0.1, -0.05) is 30.3 Å². The van der Waals surface area contributed by atoms with Crippen molar-refractivity contribution in [2.24, 2.45) is 0 Å². The molecule has 1 aliphatic rings. The van der Waals surface area contributed by atoms with Gasteiger partial charge < -0.3 is 19.4 Å². The number of ether oxygens (including phenoxy) is 2. The van der Waals surface area contributed by atoms with Crippen LogP contribution in [0.5, 0.6) is 5.75 Å². The second kappa shape index (κ2) is 6.63. The van der Waals surface area contributed by atoms with Crippen LogP contribution in [-0.2, 0) is 17.9 Å². The summed E-state index contributed by atoms with van der Waals surface area (Å²) in [6.45, 7) is 2.94. The number of nitrogens with one attached hydrogen (secondary N) is 1. The summed E-state index contributed by atoms with van der Waals surface area (Å²) in [6, 6.07) is 16.7. The normalized spacial score (nSPS) is 17.0. The van der Waals surface area contributed by atoms with Gasteiger partial charge in [0.05, 0.1) is 30.8 Å². The molecule has 1 aromatic heterocycles. The number of methoxy groups -OCH3 is 1. The maximum absolute atomic E-state index is 5.74. The standard InChI is InChI=1S/C19H21N3O2/c1-23-16-7-8-17-18(9-16)22-15(12-24-13-19(22)21-17)11-20-10-14-5-3-2-4-6-14/h2-9,15,20H,10-13H2,1H3/t15-/m0/s1. The van der Waals surface area contributed by atoms with Crippen molar-refractivity contribution in [2.75, 3.05) is 20.3 Å². The first-order valence-electron chi connectivity index (χ1n) is 8.22. The lowest BCUT2D eigenvalue weighted by Gasteiger charge is -2.26. The molecule has 0 spiro atoms. The fourth-order valence-corrected chi connectivity index (χ4v) is 3.25. The van der Waals surface area contributed by atoms with Crippen molar-refractivity contribution in [3.8, 4) is 5.75 Å². The quantitative estimate of drug-likeness (QED) is 0.784. The van der Waals surface area contributed by atoms with Crippen molar-refractivity contribution >= 4 is 11.0 Å². The maximum Gasteiger partial charge on any atom is 0.136 e. The highest BCUT2D eigenvalue weighted by Crippen LogP contribution is 2.28. The molecular weight excluding hydrogens is 302 g/mol. The summed E-state index contributed by atoms with van der Waals surface area (Å²) in [7, 11) is 1.69. The summed E-state index contributed by atoms with van der Waals surface area (Å²) >= 11 is 0. The lowest BCUT2D eigenvalue weighted by atomic mass is 10.2. The van der Waals surface area contributed by atoms with E-state index in [1.807, 2.05) is 18.2 Å². The molecule has 124 valence electrons. The van der Waals surface area contributed by atoms with Gasteiger partial charge in [-0.15, -0.1) is 0 Å². The van der Waals surface area contributed by atoms with Gasteiger partial charge in [0, 0.05) is 19.2 Å². The third kappa shape index (κ3) is 2.88. The summed E-state index contributed by atoms with van der Waals surface area (Å²) in [6.07, 6.45) is 0. The van der Waals surface area contributed by atoms with Crippen molar-refractivity contribution < 1.29 is 9.47 Å². The molecule has 2 aromatic carbocycles. The summed E-state index contributed by atoms with van der Waals surface area (Å²) < 4.78 is 13.4. The van der Waals surface area contributed by atoms with Crippen molar-refractivity contribution in [3.63, 3.8) is 0 Å². The molecular formula is C19H21N3O2. The molecule has 24 heavy (non-hydrogen) atoms. The van der Waals surface area contributed by atoms with Gasteiger partial charge in [-0.05, 0) is 17.7 Å². The first-order chi connectivity index (χ1) is 11.8. The van der Waals surface area contributed by atoms with Crippen LogP contribution in [0.2, 0.25) is 0 Å². The average Bonchev–Trinajstić information content (AvgIpc) is 3.01. The Balaban J connectivity index is 1.56. The monoisotopic (exact) mass is 323 g/mol. The Labute approximate surface area is 141 Å². The zero-order chi connectivity index (χ0) is 16.4. The average molecular weight is 323 g/mol. The third-order valence-corrected chi connectivity index (χ3v) is 4.43. The Morgan fingerprint density at radius 1 is 1.25 bits per heavy atom. The molecule has 3 aromatic rings. The van der Waals surface area contributed by atoms with E-state index in [2.05, 4.69) is 40.2 Å². The number of fused-ring (bicyclic) bond motifs is 3. The van der Waals surface area contributed by atoms with E-state index in [0.717, 1.165) is 35.7 Å². The lowest BCUT2D eigenvalue weighted by molar-refractivity contribution is 0.0564. The highest BCUT2D eigenvalue weighted by molar-refractivity contribution is 5.78. The number of rotatable bonds is 5. The van der Waals surface area contributed by atoms with E-state index in [4.69, 9.17) is 14.5 Å². The molecule has 5 nitrogen and oxygen atoms in total. The fraction of sp³-hybridized carbons (Fsp3) is 0.316. The zero-order valence-corrected chi connectivity index (χ0v) is 13.7. The predicted molar refractivity (Wildman–Crippen MR) is 93.1 cm³/mol. The summed E-state index contributed by atoms with van der Waals surface area (Å²) in [5.74, 6) is 1.84.